The minimum atomic E-state index is 0.441. The van der Waals surface area contributed by atoms with E-state index < -0.39 is 0 Å². The van der Waals surface area contributed by atoms with E-state index >= 15 is 0 Å². The fourth-order valence-electron chi connectivity index (χ4n) is 3.67. The van der Waals surface area contributed by atoms with Gasteiger partial charge in [0.15, 0.2) is 0 Å². The fraction of sp³-hybridized carbons (Fsp3) is 0.562. The molecule has 0 atom stereocenters. The molecule has 1 amide bonds. The van der Waals surface area contributed by atoms with Crippen molar-refractivity contribution in [1.29, 1.82) is 0 Å². The van der Waals surface area contributed by atoms with Crippen molar-refractivity contribution < 1.29 is 9.53 Å². The Morgan fingerprint density at radius 3 is 2.68 bits per heavy atom. The zero-order valence-corrected chi connectivity index (χ0v) is 11.5. The van der Waals surface area contributed by atoms with Crippen LogP contribution in [0.2, 0.25) is 0 Å². The summed E-state index contributed by atoms with van der Waals surface area (Å²) in [4.78, 5) is 12.6. The molecule has 102 valence electrons. The van der Waals surface area contributed by atoms with E-state index in [4.69, 9.17) is 4.74 Å². The van der Waals surface area contributed by atoms with Crippen molar-refractivity contribution in [2.24, 2.45) is 5.41 Å². The zero-order valence-electron chi connectivity index (χ0n) is 11.5. The molecule has 1 saturated heterocycles. The number of ether oxygens (including phenoxy) is 1. The maximum Gasteiger partial charge on any atom is 0.209 e. The van der Waals surface area contributed by atoms with E-state index in [9.17, 15) is 4.79 Å². The second kappa shape index (κ2) is 4.87. The van der Waals surface area contributed by atoms with Crippen molar-refractivity contribution in [3.05, 3.63) is 29.8 Å². The highest BCUT2D eigenvalue weighted by molar-refractivity contribution is 5.49. The number of hydrogen-bond acceptors (Lipinski definition) is 2. The lowest BCUT2D eigenvalue weighted by atomic mass is 9.65. The van der Waals surface area contributed by atoms with Crippen LogP contribution in [0.15, 0.2) is 24.3 Å². The monoisotopic (exact) mass is 259 g/mol. The SMILES string of the molecule is COc1cccc(C2CCC3(CC2)CN(C=O)C3)c1. The molecule has 19 heavy (non-hydrogen) atoms. The van der Waals surface area contributed by atoms with E-state index in [0.29, 0.717) is 11.3 Å². The second-order valence-electron chi connectivity index (χ2n) is 6.06. The molecule has 3 rings (SSSR count). The first-order valence-electron chi connectivity index (χ1n) is 7.08. The Morgan fingerprint density at radius 2 is 2.05 bits per heavy atom. The predicted octanol–water partition coefficient (Wildman–Crippen LogP) is 2.81. The fourth-order valence-corrected chi connectivity index (χ4v) is 3.67. The smallest absolute Gasteiger partial charge is 0.209 e. The van der Waals surface area contributed by atoms with E-state index in [2.05, 4.69) is 18.2 Å². The molecule has 0 bridgehead atoms. The number of carbonyl (C=O) groups excluding carboxylic acids is 1. The third kappa shape index (κ3) is 2.34. The van der Waals surface area contributed by atoms with E-state index in [1.807, 2.05) is 11.0 Å². The normalized spacial score (nSPS) is 22.1. The lowest BCUT2D eigenvalue weighted by Crippen LogP contribution is -2.56. The number of methoxy groups -OCH3 is 1. The van der Waals surface area contributed by atoms with Crippen LogP contribution in [-0.4, -0.2) is 31.5 Å². The average Bonchev–Trinajstić information content (AvgIpc) is 2.45. The van der Waals surface area contributed by atoms with Crippen LogP contribution in [0.4, 0.5) is 0 Å². The van der Waals surface area contributed by atoms with Gasteiger partial charge in [0.25, 0.3) is 0 Å². The van der Waals surface area contributed by atoms with Gasteiger partial charge in [-0.15, -0.1) is 0 Å². The van der Waals surface area contributed by atoms with Crippen LogP contribution in [0.3, 0.4) is 0 Å². The van der Waals surface area contributed by atoms with Crippen LogP contribution in [0.1, 0.15) is 37.2 Å². The first kappa shape index (κ1) is 12.5. The van der Waals surface area contributed by atoms with Gasteiger partial charge < -0.3 is 9.64 Å². The lowest BCUT2D eigenvalue weighted by molar-refractivity contribution is -0.131. The molecule has 1 aliphatic heterocycles. The third-order valence-corrected chi connectivity index (χ3v) is 4.84. The molecule has 1 aromatic rings. The maximum atomic E-state index is 10.7. The number of amides is 1. The lowest BCUT2D eigenvalue weighted by Gasteiger charge is -2.52. The highest BCUT2D eigenvalue weighted by atomic mass is 16.5. The maximum absolute atomic E-state index is 10.7. The Morgan fingerprint density at radius 1 is 1.32 bits per heavy atom. The van der Waals surface area contributed by atoms with Gasteiger partial charge >= 0.3 is 0 Å². The number of hydrogen-bond donors (Lipinski definition) is 0. The van der Waals surface area contributed by atoms with Gasteiger partial charge in [-0.3, -0.25) is 4.79 Å². The summed E-state index contributed by atoms with van der Waals surface area (Å²) in [7, 11) is 1.72. The molecule has 1 saturated carbocycles. The molecule has 0 radical (unpaired) electrons. The Kier molecular flexibility index (Phi) is 3.21. The predicted molar refractivity (Wildman–Crippen MR) is 74.3 cm³/mol. The molecular formula is C16H21NO2. The standard InChI is InChI=1S/C16H21NO2/c1-19-15-4-2-3-14(9-15)13-5-7-16(8-6-13)10-17(11-16)12-18/h2-4,9,12-13H,5-8,10-11H2,1H3. The third-order valence-electron chi connectivity index (χ3n) is 4.84. The van der Waals surface area contributed by atoms with Crippen LogP contribution < -0.4 is 4.74 Å². The summed E-state index contributed by atoms with van der Waals surface area (Å²) < 4.78 is 5.30. The van der Waals surface area contributed by atoms with Crippen LogP contribution in [0, 0.1) is 5.41 Å². The molecule has 0 N–H and O–H groups in total. The van der Waals surface area contributed by atoms with Gasteiger partial charge in [-0.05, 0) is 49.3 Å². The van der Waals surface area contributed by atoms with Gasteiger partial charge in [-0.1, -0.05) is 12.1 Å². The minimum absolute atomic E-state index is 0.441. The van der Waals surface area contributed by atoms with Gasteiger partial charge in [0, 0.05) is 18.5 Å². The number of rotatable bonds is 3. The quantitative estimate of drug-likeness (QED) is 0.781. The highest BCUT2D eigenvalue weighted by Crippen LogP contribution is 2.47. The largest absolute Gasteiger partial charge is 0.497 e. The molecule has 1 aliphatic carbocycles. The van der Waals surface area contributed by atoms with Crippen molar-refractivity contribution in [3.8, 4) is 5.75 Å². The van der Waals surface area contributed by atoms with Crippen molar-refractivity contribution >= 4 is 6.41 Å². The van der Waals surface area contributed by atoms with Crippen molar-refractivity contribution in [2.75, 3.05) is 20.2 Å². The molecular weight excluding hydrogens is 238 g/mol. The summed E-state index contributed by atoms with van der Waals surface area (Å²) in [5.74, 6) is 1.61. The number of benzene rings is 1. The van der Waals surface area contributed by atoms with Crippen molar-refractivity contribution in [3.63, 3.8) is 0 Å². The summed E-state index contributed by atoms with van der Waals surface area (Å²) in [6, 6.07) is 8.46. The molecule has 1 heterocycles. The van der Waals surface area contributed by atoms with E-state index in [0.717, 1.165) is 25.2 Å². The summed E-state index contributed by atoms with van der Waals surface area (Å²) in [6.07, 6.45) is 5.96. The Balaban J connectivity index is 1.62. The Labute approximate surface area is 114 Å². The molecule has 2 fully saturated rings. The summed E-state index contributed by atoms with van der Waals surface area (Å²) in [5.41, 5.74) is 1.84. The average molecular weight is 259 g/mol. The number of carbonyl (C=O) groups is 1. The minimum Gasteiger partial charge on any atom is -0.497 e. The summed E-state index contributed by atoms with van der Waals surface area (Å²) >= 11 is 0. The number of likely N-dealkylation sites (tertiary alicyclic amines) is 1. The number of nitrogens with zero attached hydrogens (tertiary/aromatic N) is 1. The van der Waals surface area contributed by atoms with Gasteiger partial charge in [-0.25, -0.2) is 0 Å². The Hall–Kier alpha value is -1.51. The molecule has 1 aromatic carbocycles. The van der Waals surface area contributed by atoms with Gasteiger partial charge in [-0.2, -0.15) is 0 Å². The highest BCUT2D eigenvalue weighted by Gasteiger charge is 2.44. The van der Waals surface area contributed by atoms with E-state index in [1.165, 1.54) is 31.2 Å². The zero-order chi connectivity index (χ0) is 13.3. The second-order valence-corrected chi connectivity index (χ2v) is 6.06. The van der Waals surface area contributed by atoms with Crippen LogP contribution in [0.5, 0.6) is 5.75 Å². The molecule has 0 aromatic heterocycles. The van der Waals surface area contributed by atoms with Gasteiger partial charge in [0.2, 0.25) is 6.41 Å². The molecule has 1 spiro atoms. The van der Waals surface area contributed by atoms with Gasteiger partial charge in [0.1, 0.15) is 5.75 Å². The van der Waals surface area contributed by atoms with Crippen molar-refractivity contribution in [1.82, 2.24) is 4.90 Å². The van der Waals surface area contributed by atoms with Crippen LogP contribution in [-0.2, 0) is 4.79 Å². The molecule has 0 unspecified atom stereocenters. The summed E-state index contributed by atoms with van der Waals surface area (Å²) in [5, 5.41) is 0. The van der Waals surface area contributed by atoms with Gasteiger partial charge in [0.05, 0.1) is 7.11 Å². The summed E-state index contributed by atoms with van der Waals surface area (Å²) in [6.45, 7) is 1.95. The van der Waals surface area contributed by atoms with Crippen LogP contribution in [0.25, 0.3) is 0 Å². The first-order valence-corrected chi connectivity index (χ1v) is 7.08. The first-order chi connectivity index (χ1) is 9.24. The molecule has 2 aliphatic rings. The topological polar surface area (TPSA) is 29.5 Å². The van der Waals surface area contributed by atoms with Crippen LogP contribution >= 0.6 is 0 Å². The Bertz CT molecular complexity index is 456. The van der Waals surface area contributed by atoms with E-state index in [1.54, 1.807) is 7.11 Å². The molecule has 3 heteroatoms. The van der Waals surface area contributed by atoms with Crippen molar-refractivity contribution in [2.45, 2.75) is 31.6 Å². The van der Waals surface area contributed by atoms with E-state index in [-0.39, 0.29) is 0 Å². The molecule has 3 nitrogen and oxygen atoms in total.